The second-order valence-electron chi connectivity index (χ2n) is 4.18. The van der Waals surface area contributed by atoms with E-state index < -0.39 is 5.82 Å². The molecule has 0 radical (unpaired) electrons. The van der Waals surface area contributed by atoms with Crippen LogP contribution in [0.4, 0.5) is 4.39 Å². The largest absolute Gasteiger partial charge is 0.494 e. The van der Waals surface area contributed by atoms with E-state index >= 15 is 0 Å². The lowest BCUT2D eigenvalue weighted by atomic mass is 10.2. The minimum Gasteiger partial charge on any atom is -0.494 e. The summed E-state index contributed by atoms with van der Waals surface area (Å²) in [5.74, 6) is -0.0638. The Labute approximate surface area is 122 Å². The summed E-state index contributed by atoms with van der Waals surface area (Å²) in [6.45, 7) is 2.45. The van der Waals surface area contributed by atoms with Gasteiger partial charge in [0.25, 0.3) is 5.91 Å². The van der Waals surface area contributed by atoms with Gasteiger partial charge in [0, 0.05) is 11.1 Å². The summed E-state index contributed by atoms with van der Waals surface area (Å²) in [6, 6.07) is 12.9. The number of hydrogen-bond acceptors (Lipinski definition) is 3. The number of amides is 1. The lowest BCUT2D eigenvalue weighted by Gasteiger charge is -2.04. The third kappa shape index (κ3) is 4.14. The van der Waals surface area contributed by atoms with Gasteiger partial charge in [0.05, 0.1) is 12.8 Å². The van der Waals surface area contributed by atoms with Gasteiger partial charge < -0.3 is 4.74 Å². The number of nitrogens with zero attached hydrogens (tertiary/aromatic N) is 1. The summed E-state index contributed by atoms with van der Waals surface area (Å²) in [7, 11) is 0. The molecular formula is C16H15FN2O2. The van der Waals surface area contributed by atoms with Crippen LogP contribution in [0.3, 0.4) is 0 Å². The molecule has 5 heteroatoms. The predicted molar refractivity (Wildman–Crippen MR) is 79.1 cm³/mol. The molecule has 2 rings (SSSR count). The molecule has 0 spiro atoms. The molecule has 2 aromatic carbocycles. The Bertz CT molecular complexity index is 639. The van der Waals surface area contributed by atoms with E-state index in [1.54, 1.807) is 42.5 Å². The van der Waals surface area contributed by atoms with Crippen LogP contribution < -0.4 is 10.2 Å². The summed E-state index contributed by atoms with van der Waals surface area (Å²) in [5.41, 5.74) is 3.11. The maximum absolute atomic E-state index is 13.3. The molecule has 2 aromatic rings. The SMILES string of the molecule is CCOc1ccc(C(=O)N/N=C\c2ccccc2F)cc1. The standard InChI is InChI=1S/C16H15FN2O2/c1-2-21-14-9-7-12(8-10-14)16(20)19-18-11-13-5-3-4-6-15(13)17/h3-11H,2H2,1H3,(H,19,20)/b18-11-. The summed E-state index contributed by atoms with van der Waals surface area (Å²) in [5, 5.41) is 3.74. The molecule has 0 aliphatic heterocycles. The van der Waals surface area contributed by atoms with Crippen LogP contribution in [0.25, 0.3) is 0 Å². The molecule has 0 aliphatic carbocycles. The number of benzene rings is 2. The minimum absolute atomic E-state index is 0.310. The van der Waals surface area contributed by atoms with Crippen molar-refractivity contribution in [1.82, 2.24) is 5.43 Å². The molecule has 108 valence electrons. The first-order valence-corrected chi connectivity index (χ1v) is 6.51. The normalized spacial score (nSPS) is 10.6. The van der Waals surface area contributed by atoms with Crippen molar-refractivity contribution < 1.29 is 13.9 Å². The van der Waals surface area contributed by atoms with Crippen molar-refractivity contribution in [2.45, 2.75) is 6.92 Å². The summed E-state index contributed by atoms with van der Waals surface area (Å²) < 4.78 is 18.6. The van der Waals surface area contributed by atoms with Crippen LogP contribution in [0, 0.1) is 5.82 Å². The van der Waals surface area contributed by atoms with Crippen LogP contribution >= 0.6 is 0 Å². The molecule has 1 N–H and O–H groups in total. The number of carbonyl (C=O) groups excluding carboxylic acids is 1. The topological polar surface area (TPSA) is 50.7 Å². The molecule has 4 nitrogen and oxygen atoms in total. The zero-order chi connectivity index (χ0) is 15.1. The third-order valence-corrected chi connectivity index (χ3v) is 2.70. The van der Waals surface area contributed by atoms with Gasteiger partial charge in [0.1, 0.15) is 11.6 Å². The van der Waals surface area contributed by atoms with Gasteiger partial charge in [-0.25, -0.2) is 9.82 Å². The van der Waals surface area contributed by atoms with Crippen molar-refractivity contribution in [2.24, 2.45) is 5.10 Å². The van der Waals surface area contributed by atoms with Crippen LogP contribution in [0.1, 0.15) is 22.8 Å². The average Bonchev–Trinajstić information content (AvgIpc) is 2.50. The van der Waals surface area contributed by atoms with Gasteiger partial charge in [0.15, 0.2) is 0 Å². The van der Waals surface area contributed by atoms with Gasteiger partial charge in [-0.1, -0.05) is 18.2 Å². The molecule has 0 aliphatic rings. The van der Waals surface area contributed by atoms with E-state index in [0.29, 0.717) is 23.5 Å². The van der Waals surface area contributed by atoms with Crippen LogP contribution in [0.15, 0.2) is 53.6 Å². The third-order valence-electron chi connectivity index (χ3n) is 2.70. The highest BCUT2D eigenvalue weighted by Crippen LogP contribution is 2.11. The zero-order valence-electron chi connectivity index (χ0n) is 11.5. The van der Waals surface area contributed by atoms with E-state index in [4.69, 9.17) is 4.74 Å². The molecule has 0 heterocycles. The highest BCUT2D eigenvalue weighted by atomic mass is 19.1. The van der Waals surface area contributed by atoms with E-state index in [2.05, 4.69) is 10.5 Å². The smallest absolute Gasteiger partial charge is 0.271 e. The predicted octanol–water partition coefficient (Wildman–Crippen LogP) is 2.99. The molecule has 0 unspecified atom stereocenters. The van der Waals surface area contributed by atoms with E-state index in [1.807, 2.05) is 6.92 Å². The molecule has 0 atom stereocenters. The summed E-state index contributed by atoms with van der Waals surface area (Å²) in [6.07, 6.45) is 1.27. The number of hydrazone groups is 1. The molecule has 0 saturated heterocycles. The fraction of sp³-hybridized carbons (Fsp3) is 0.125. The molecule has 21 heavy (non-hydrogen) atoms. The first kappa shape index (κ1) is 14.7. The second-order valence-corrected chi connectivity index (χ2v) is 4.18. The Balaban J connectivity index is 1.97. The van der Waals surface area contributed by atoms with Crippen LogP contribution in [0.5, 0.6) is 5.75 Å². The van der Waals surface area contributed by atoms with Crippen molar-refractivity contribution in [3.63, 3.8) is 0 Å². The highest BCUT2D eigenvalue weighted by molar-refractivity contribution is 5.95. The number of ether oxygens (including phenoxy) is 1. The fourth-order valence-corrected chi connectivity index (χ4v) is 1.67. The summed E-state index contributed by atoms with van der Waals surface area (Å²) in [4.78, 5) is 11.8. The van der Waals surface area contributed by atoms with Gasteiger partial charge in [0.2, 0.25) is 0 Å². The fourth-order valence-electron chi connectivity index (χ4n) is 1.67. The Morgan fingerprint density at radius 2 is 1.95 bits per heavy atom. The lowest BCUT2D eigenvalue weighted by molar-refractivity contribution is 0.0955. The number of rotatable bonds is 5. The van der Waals surface area contributed by atoms with E-state index in [9.17, 15) is 9.18 Å². The molecule has 0 saturated carbocycles. The van der Waals surface area contributed by atoms with E-state index in [0.717, 1.165) is 0 Å². The molecule has 1 amide bonds. The number of nitrogens with one attached hydrogen (secondary N) is 1. The van der Waals surface area contributed by atoms with Crippen LogP contribution in [-0.2, 0) is 0 Å². The van der Waals surface area contributed by atoms with Crippen molar-refractivity contribution in [3.05, 3.63) is 65.5 Å². The Morgan fingerprint density at radius 3 is 2.62 bits per heavy atom. The van der Waals surface area contributed by atoms with Crippen molar-refractivity contribution in [1.29, 1.82) is 0 Å². The second kappa shape index (κ2) is 7.19. The van der Waals surface area contributed by atoms with Crippen LogP contribution in [0.2, 0.25) is 0 Å². The summed E-state index contributed by atoms with van der Waals surface area (Å²) >= 11 is 0. The van der Waals surface area contributed by atoms with Crippen molar-refractivity contribution in [2.75, 3.05) is 6.61 Å². The van der Waals surface area contributed by atoms with Crippen LogP contribution in [-0.4, -0.2) is 18.7 Å². The van der Waals surface area contributed by atoms with Gasteiger partial charge in [-0.2, -0.15) is 5.10 Å². The quantitative estimate of drug-likeness (QED) is 0.678. The Hall–Kier alpha value is -2.69. The Morgan fingerprint density at radius 1 is 1.24 bits per heavy atom. The first-order valence-electron chi connectivity index (χ1n) is 6.51. The number of carbonyl (C=O) groups is 1. The minimum atomic E-state index is -0.392. The van der Waals surface area contributed by atoms with Crippen molar-refractivity contribution >= 4 is 12.1 Å². The van der Waals surface area contributed by atoms with Gasteiger partial charge in [-0.15, -0.1) is 0 Å². The molecule has 0 aromatic heterocycles. The monoisotopic (exact) mass is 286 g/mol. The number of halogens is 1. The zero-order valence-corrected chi connectivity index (χ0v) is 11.5. The average molecular weight is 286 g/mol. The maximum atomic E-state index is 13.3. The molecule has 0 fully saturated rings. The highest BCUT2D eigenvalue weighted by Gasteiger charge is 2.04. The van der Waals surface area contributed by atoms with Crippen molar-refractivity contribution in [3.8, 4) is 5.75 Å². The molecular weight excluding hydrogens is 271 g/mol. The van der Waals surface area contributed by atoms with Gasteiger partial charge in [-0.3, -0.25) is 4.79 Å². The van der Waals surface area contributed by atoms with Gasteiger partial charge in [-0.05, 0) is 37.3 Å². The number of hydrogen-bond donors (Lipinski definition) is 1. The molecule has 0 bridgehead atoms. The van der Waals surface area contributed by atoms with Gasteiger partial charge >= 0.3 is 0 Å². The maximum Gasteiger partial charge on any atom is 0.271 e. The Kier molecular flexibility index (Phi) is 5.04. The lowest BCUT2D eigenvalue weighted by Crippen LogP contribution is -2.17. The first-order chi connectivity index (χ1) is 10.2. The van der Waals surface area contributed by atoms with E-state index in [1.165, 1.54) is 12.3 Å². The van der Waals surface area contributed by atoms with E-state index in [-0.39, 0.29) is 5.91 Å².